The fourth-order valence-electron chi connectivity index (χ4n) is 1.57. The Hall–Kier alpha value is -2.11. The van der Waals surface area contributed by atoms with Crippen molar-refractivity contribution >= 4 is 11.6 Å². The van der Waals surface area contributed by atoms with E-state index in [0.29, 0.717) is 11.2 Å². The van der Waals surface area contributed by atoms with E-state index >= 15 is 0 Å². The molecule has 0 aromatic carbocycles. The molecule has 0 saturated heterocycles. The van der Waals surface area contributed by atoms with E-state index in [-0.39, 0.29) is 18.0 Å². The molecule has 84 valence electrons. The topological polar surface area (TPSA) is 79.3 Å². The Morgan fingerprint density at radius 1 is 1.62 bits per heavy atom. The molecule has 2 heterocycles. The summed E-state index contributed by atoms with van der Waals surface area (Å²) in [5.41, 5.74) is 1.91. The van der Waals surface area contributed by atoms with E-state index in [1.54, 1.807) is 0 Å². The summed E-state index contributed by atoms with van der Waals surface area (Å²) in [6.07, 6.45) is 1.42. The zero-order valence-corrected chi connectivity index (χ0v) is 9.07. The van der Waals surface area contributed by atoms with Gasteiger partial charge in [0.2, 0.25) is 5.91 Å². The molecule has 0 fully saturated rings. The number of amides is 1. The Labute approximate surface area is 91.3 Å². The quantitative estimate of drug-likeness (QED) is 0.745. The van der Waals surface area contributed by atoms with Gasteiger partial charge in [-0.2, -0.15) is 5.10 Å². The third kappa shape index (κ3) is 1.69. The van der Waals surface area contributed by atoms with Gasteiger partial charge in [0.05, 0.1) is 0 Å². The lowest BCUT2D eigenvalue weighted by Gasteiger charge is -2.05. The highest BCUT2D eigenvalue weighted by Gasteiger charge is 2.09. The Balaban J connectivity index is 2.51. The van der Waals surface area contributed by atoms with E-state index in [2.05, 4.69) is 15.5 Å². The van der Waals surface area contributed by atoms with Gasteiger partial charge in [-0.1, -0.05) is 0 Å². The molecule has 0 bridgehead atoms. The van der Waals surface area contributed by atoms with Gasteiger partial charge in [-0.05, 0) is 18.6 Å². The number of hydrogen-bond acceptors (Lipinski definition) is 3. The standard InChI is InChI=1S/C10H12N4O2/c1-6-3-9-13-12-5-14(9)10(16)8(6)4-11-7(2)15/h3,5,13H,4H2,1-2H3,(H,11,15). The number of aromatic nitrogens is 3. The van der Waals surface area contributed by atoms with Crippen LogP contribution in [0.15, 0.2) is 17.2 Å². The van der Waals surface area contributed by atoms with Crippen LogP contribution >= 0.6 is 0 Å². The maximum absolute atomic E-state index is 12.0. The summed E-state index contributed by atoms with van der Waals surface area (Å²) >= 11 is 0. The largest absolute Gasteiger partial charge is 0.352 e. The van der Waals surface area contributed by atoms with Gasteiger partial charge >= 0.3 is 0 Å². The molecule has 0 spiro atoms. The van der Waals surface area contributed by atoms with E-state index in [9.17, 15) is 9.59 Å². The molecule has 0 aliphatic heterocycles. The first kappa shape index (κ1) is 10.4. The van der Waals surface area contributed by atoms with Crippen LogP contribution < -0.4 is 10.9 Å². The van der Waals surface area contributed by atoms with Crippen LogP contribution in [0.25, 0.3) is 5.65 Å². The molecule has 0 radical (unpaired) electrons. The SMILES string of the molecule is CC(=O)NCc1c(C)cc2[nH]ncn2c1=O. The number of nitrogens with one attached hydrogen (secondary N) is 2. The van der Waals surface area contributed by atoms with Crippen molar-refractivity contribution < 1.29 is 4.79 Å². The van der Waals surface area contributed by atoms with Gasteiger partial charge in [0.15, 0.2) is 0 Å². The van der Waals surface area contributed by atoms with Crippen LogP contribution in [0.4, 0.5) is 0 Å². The summed E-state index contributed by atoms with van der Waals surface area (Å²) < 4.78 is 1.42. The summed E-state index contributed by atoms with van der Waals surface area (Å²) in [4.78, 5) is 22.8. The second kappa shape index (κ2) is 3.80. The van der Waals surface area contributed by atoms with Crippen LogP contribution in [-0.4, -0.2) is 20.5 Å². The van der Waals surface area contributed by atoms with E-state index < -0.39 is 0 Å². The Morgan fingerprint density at radius 2 is 2.38 bits per heavy atom. The molecule has 0 unspecified atom stereocenters. The number of pyridine rings is 1. The number of fused-ring (bicyclic) bond motifs is 1. The van der Waals surface area contributed by atoms with E-state index in [1.807, 2.05) is 13.0 Å². The second-order valence-corrected chi connectivity index (χ2v) is 3.63. The number of nitrogens with zero attached hydrogens (tertiary/aromatic N) is 2. The molecule has 2 N–H and O–H groups in total. The van der Waals surface area contributed by atoms with Gasteiger partial charge in [0.25, 0.3) is 5.56 Å². The maximum atomic E-state index is 12.0. The Morgan fingerprint density at radius 3 is 3.06 bits per heavy atom. The molecule has 0 atom stereocenters. The molecule has 6 nitrogen and oxygen atoms in total. The van der Waals surface area contributed by atoms with Crippen molar-refractivity contribution in [3.63, 3.8) is 0 Å². The fraction of sp³-hybridized carbons (Fsp3) is 0.300. The highest BCUT2D eigenvalue weighted by molar-refractivity contribution is 5.72. The average Bonchev–Trinajstić information content (AvgIpc) is 2.64. The highest BCUT2D eigenvalue weighted by atomic mass is 16.1. The molecule has 0 aliphatic rings. The fourth-order valence-corrected chi connectivity index (χ4v) is 1.57. The zero-order chi connectivity index (χ0) is 11.7. The highest BCUT2D eigenvalue weighted by Crippen LogP contribution is 2.05. The Kier molecular flexibility index (Phi) is 2.47. The van der Waals surface area contributed by atoms with Crippen molar-refractivity contribution in [1.82, 2.24) is 19.9 Å². The number of aryl methyl sites for hydroxylation is 1. The summed E-state index contributed by atoms with van der Waals surface area (Å²) in [5, 5.41) is 9.13. The van der Waals surface area contributed by atoms with Gasteiger partial charge in [-0.25, -0.2) is 4.40 Å². The molecule has 2 aromatic heterocycles. The maximum Gasteiger partial charge on any atom is 0.262 e. The molecule has 0 saturated carbocycles. The van der Waals surface area contributed by atoms with Crippen molar-refractivity contribution in [3.05, 3.63) is 33.9 Å². The second-order valence-electron chi connectivity index (χ2n) is 3.63. The number of aromatic amines is 1. The normalized spacial score (nSPS) is 10.6. The average molecular weight is 220 g/mol. The number of carbonyl (C=O) groups excluding carboxylic acids is 1. The predicted molar refractivity (Wildman–Crippen MR) is 58.1 cm³/mol. The first-order chi connectivity index (χ1) is 7.59. The number of carbonyl (C=O) groups is 1. The minimum Gasteiger partial charge on any atom is -0.352 e. The van der Waals surface area contributed by atoms with Crippen LogP contribution in [0, 0.1) is 6.92 Å². The van der Waals surface area contributed by atoms with Crippen LogP contribution in [0.2, 0.25) is 0 Å². The first-order valence-electron chi connectivity index (χ1n) is 4.88. The molecular weight excluding hydrogens is 208 g/mol. The molecule has 2 aromatic rings. The van der Waals surface area contributed by atoms with Crippen molar-refractivity contribution in [2.24, 2.45) is 0 Å². The molecule has 16 heavy (non-hydrogen) atoms. The van der Waals surface area contributed by atoms with Crippen LogP contribution in [0.1, 0.15) is 18.1 Å². The minimum atomic E-state index is -0.156. The van der Waals surface area contributed by atoms with Crippen molar-refractivity contribution in [2.75, 3.05) is 0 Å². The van der Waals surface area contributed by atoms with E-state index in [0.717, 1.165) is 5.56 Å². The lowest BCUT2D eigenvalue weighted by molar-refractivity contribution is -0.119. The number of H-pyrrole nitrogens is 1. The van der Waals surface area contributed by atoms with Crippen LogP contribution in [0.5, 0.6) is 0 Å². The summed E-state index contributed by atoms with van der Waals surface area (Å²) in [6, 6.07) is 1.82. The third-order valence-electron chi connectivity index (χ3n) is 2.43. The lowest BCUT2D eigenvalue weighted by Crippen LogP contribution is -2.27. The van der Waals surface area contributed by atoms with E-state index in [4.69, 9.17) is 0 Å². The van der Waals surface area contributed by atoms with Crippen molar-refractivity contribution in [2.45, 2.75) is 20.4 Å². The predicted octanol–water partition coefficient (Wildman–Crippen LogP) is -0.0329. The molecular formula is C10H12N4O2. The van der Waals surface area contributed by atoms with Gasteiger partial charge < -0.3 is 5.32 Å². The molecule has 1 amide bonds. The Bertz CT molecular complexity index is 596. The smallest absolute Gasteiger partial charge is 0.262 e. The summed E-state index contributed by atoms with van der Waals surface area (Å²) in [7, 11) is 0. The number of hydrogen-bond donors (Lipinski definition) is 2. The van der Waals surface area contributed by atoms with Crippen LogP contribution in [-0.2, 0) is 11.3 Å². The minimum absolute atomic E-state index is 0.155. The van der Waals surface area contributed by atoms with Gasteiger partial charge in [0.1, 0.15) is 12.0 Å². The van der Waals surface area contributed by atoms with Gasteiger partial charge in [-0.3, -0.25) is 14.7 Å². The van der Waals surface area contributed by atoms with Gasteiger partial charge in [-0.15, -0.1) is 0 Å². The zero-order valence-electron chi connectivity index (χ0n) is 9.07. The van der Waals surface area contributed by atoms with Crippen molar-refractivity contribution in [3.8, 4) is 0 Å². The van der Waals surface area contributed by atoms with Gasteiger partial charge in [0, 0.05) is 19.0 Å². The molecule has 6 heteroatoms. The summed E-state index contributed by atoms with van der Waals surface area (Å²) in [6.45, 7) is 3.50. The molecule has 0 aliphatic carbocycles. The van der Waals surface area contributed by atoms with Crippen molar-refractivity contribution in [1.29, 1.82) is 0 Å². The monoisotopic (exact) mass is 220 g/mol. The summed E-state index contributed by atoms with van der Waals surface area (Å²) in [5.74, 6) is -0.156. The first-order valence-corrected chi connectivity index (χ1v) is 4.88. The number of rotatable bonds is 2. The van der Waals surface area contributed by atoms with Crippen LogP contribution in [0.3, 0.4) is 0 Å². The third-order valence-corrected chi connectivity index (χ3v) is 2.43. The van der Waals surface area contributed by atoms with E-state index in [1.165, 1.54) is 17.7 Å². The molecule has 2 rings (SSSR count). The lowest BCUT2D eigenvalue weighted by atomic mass is 10.1.